The summed E-state index contributed by atoms with van der Waals surface area (Å²) in [4.78, 5) is 12.5. The summed E-state index contributed by atoms with van der Waals surface area (Å²) in [5.41, 5.74) is 4.35. The molecule has 0 atom stereocenters. The second-order valence-corrected chi connectivity index (χ2v) is 6.40. The first kappa shape index (κ1) is 18.7. The molecule has 27 heavy (non-hydrogen) atoms. The van der Waals surface area contributed by atoms with Crippen LogP contribution in [-0.4, -0.2) is 22.8 Å². The van der Waals surface area contributed by atoms with Crippen molar-refractivity contribution in [2.24, 2.45) is 0 Å². The lowest BCUT2D eigenvalue weighted by Crippen LogP contribution is -2.12. The number of rotatable bonds is 7. The average Bonchev–Trinajstić information content (AvgIpc) is 3.10. The van der Waals surface area contributed by atoms with Gasteiger partial charge in [0.25, 0.3) is 5.91 Å². The standard InChI is InChI=1S/C21H23N3O3/c1-15-7-8-16(2)20(9-15)27-13-17-5-4-6-18(10-17)21(25)23-19-11-22-24(12-19)14-26-3/h4-12H,13-14H2,1-3H3,(H,23,25). The maximum atomic E-state index is 12.5. The number of methoxy groups -OCH3 is 1. The molecule has 1 heterocycles. The monoisotopic (exact) mass is 365 g/mol. The summed E-state index contributed by atoms with van der Waals surface area (Å²) < 4.78 is 12.5. The Morgan fingerprint density at radius 1 is 1.19 bits per heavy atom. The number of carbonyl (C=O) groups excluding carboxylic acids is 1. The van der Waals surface area contributed by atoms with Crippen LogP contribution in [0.15, 0.2) is 54.9 Å². The molecule has 0 spiro atoms. The fraction of sp³-hybridized carbons (Fsp3) is 0.238. The van der Waals surface area contributed by atoms with Crippen LogP contribution >= 0.6 is 0 Å². The zero-order chi connectivity index (χ0) is 19.2. The van der Waals surface area contributed by atoms with Crippen molar-refractivity contribution in [3.63, 3.8) is 0 Å². The number of nitrogens with one attached hydrogen (secondary N) is 1. The maximum Gasteiger partial charge on any atom is 0.255 e. The Balaban J connectivity index is 1.65. The third kappa shape index (κ3) is 4.95. The van der Waals surface area contributed by atoms with Gasteiger partial charge < -0.3 is 14.8 Å². The Morgan fingerprint density at radius 3 is 2.85 bits per heavy atom. The highest BCUT2D eigenvalue weighted by molar-refractivity contribution is 6.04. The lowest BCUT2D eigenvalue weighted by molar-refractivity contribution is 0.102. The molecule has 0 saturated carbocycles. The summed E-state index contributed by atoms with van der Waals surface area (Å²) in [5, 5.41) is 6.94. The van der Waals surface area contributed by atoms with Crippen molar-refractivity contribution >= 4 is 11.6 Å². The van der Waals surface area contributed by atoms with E-state index in [0.29, 0.717) is 24.6 Å². The fourth-order valence-corrected chi connectivity index (χ4v) is 2.66. The SMILES string of the molecule is COCn1cc(NC(=O)c2cccc(COc3cc(C)ccc3C)c2)cn1. The van der Waals surface area contributed by atoms with Gasteiger partial charge in [-0.25, -0.2) is 4.68 Å². The van der Waals surface area contributed by atoms with Crippen molar-refractivity contribution in [2.75, 3.05) is 12.4 Å². The van der Waals surface area contributed by atoms with Gasteiger partial charge in [-0.3, -0.25) is 4.79 Å². The lowest BCUT2D eigenvalue weighted by atomic mass is 10.1. The molecule has 1 N–H and O–H groups in total. The molecular formula is C21H23N3O3. The predicted molar refractivity (Wildman–Crippen MR) is 104 cm³/mol. The van der Waals surface area contributed by atoms with Crippen LogP contribution in [0.1, 0.15) is 27.0 Å². The number of carbonyl (C=O) groups is 1. The van der Waals surface area contributed by atoms with Crippen LogP contribution in [0.2, 0.25) is 0 Å². The highest BCUT2D eigenvalue weighted by Crippen LogP contribution is 2.21. The van der Waals surface area contributed by atoms with E-state index in [2.05, 4.69) is 16.5 Å². The van der Waals surface area contributed by atoms with E-state index >= 15 is 0 Å². The highest BCUT2D eigenvalue weighted by atomic mass is 16.5. The number of amides is 1. The van der Waals surface area contributed by atoms with E-state index in [9.17, 15) is 4.79 Å². The number of anilines is 1. The second kappa shape index (κ2) is 8.51. The molecule has 3 aromatic rings. The molecule has 1 aromatic heterocycles. The zero-order valence-electron chi connectivity index (χ0n) is 15.7. The predicted octanol–water partition coefficient (Wildman–Crippen LogP) is 3.94. The number of ether oxygens (including phenoxy) is 2. The van der Waals surface area contributed by atoms with Crippen molar-refractivity contribution in [3.05, 3.63) is 77.1 Å². The maximum absolute atomic E-state index is 12.5. The number of nitrogens with zero attached hydrogens (tertiary/aromatic N) is 2. The molecule has 0 aliphatic heterocycles. The molecule has 3 rings (SSSR count). The average molecular weight is 365 g/mol. The summed E-state index contributed by atoms with van der Waals surface area (Å²) in [6.45, 7) is 4.78. The van der Waals surface area contributed by atoms with Gasteiger partial charge in [0.1, 0.15) is 19.1 Å². The Bertz CT molecular complexity index is 934. The Morgan fingerprint density at radius 2 is 2.04 bits per heavy atom. The van der Waals surface area contributed by atoms with Gasteiger partial charge in [-0.15, -0.1) is 0 Å². The summed E-state index contributed by atoms with van der Waals surface area (Å²) in [6.07, 6.45) is 3.30. The van der Waals surface area contributed by atoms with Crippen LogP contribution in [0.5, 0.6) is 5.75 Å². The molecule has 1 amide bonds. The number of hydrogen-bond acceptors (Lipinski definition) is 4. The van der Waals surface area contributed by atoms with Gasteiger partial charge in [-0.05, 0) is 48.7 Å². The number of aromatic nitrogens is 2. The molecule has 0 fully saturated rings. The topological polar surface area (TPSA) is 65.4 Å². The van der Waals surface area contributed by atoms with Gasteiger partial charge in [0.2, 0.25) is 0 Å². The molecule has 6 nitrogen and oxygen atoms in total. The molecule has 0 radical (unpaired) electrons. The van der Waals surface area contributed by atoms with Gasteiger partial charge in [-0.2, -0.15) is 5.10 Å². The largest absolute Gasteiger partial charge is 0.489 e. The van der Waals surface area contributed by atoms with Crippen molar-refractivity contribution in [3.8, 4) is 5.75 Å². The molecule has 6 heteroatoms. The van der Waals surface area contributed by atoms with E-state index in [1.54, 1.807) is 30.3 Å². The third-order valence-corrected chi connectivity index (χ3v) is 4.08. The smallest absolute Gasteiger partial charge is 0.255 e. The highest BCUT2D eigenvalue weighted by Gasteiger charge is 2.09. The molecule has 140 valence electrons. The van der Waals surface area contributed by atoms with Gasteiger partial charge >= 0.3 is 0 Å². The fourth-order valence-electron chi connectivity index (χ4n) is 2.66. The van der Waals surface area contributed by atoms with E-state index in [1.165, 1.54) is 0 Å². The van der Waals surface area contributed by atoms with Gasteiger partial charge in [0, 0.05) is 12.7 Å². The lowest BCUT2D eigenvalue weighted by Gasteiger charge is -2.11. The molecule has 0 unspecified atom stereocenters. The minimum Gasteiger partial charge on any atom is -0.489 e. The number of aryl methyl sites for hydroxylation is 2. The molecular weight excluding hydrogens is 342 g/mol. The first-order chi connectivity index (χ1) is 13.0. The van der Waals surface area contributed by atoms with Crippen molar-refractivity contribution < 1.29 is 14.3 Å². The minimum atomic E-state index is -0.194. The van der Waals surface area contributed by atoms with Crippen molar-refractivity contribution in [1.29, 1.82) is 0 Å². The van der Waals surface area contributed by atoms with E-state index < -0.39 is 0 Å². The van der Waals surface area contributed by atoms with Crippen LogP contribution in [0.3, 0.4) is 0 Å². The first-order valence-corrected chi connectivity index (χ1v) is 8.67. The van der Waals surface area contributed by atoms with E-state index in [1.807, 2.05) is 44.2 Å². The Kier molecular flexibility index (Phi) is 5.88. The molecule has 0 aliphatic rings. The van der Waals surface area contributed by atoms with Gasteiger partial charge in [0.05, 0.1) is 18.1 Å². The quantitative estimate of drug-likeness (QED) is 0.689. The number of benzene rings is 2. The molecule has 0 aliphatic carbocycles. The summed E-state index contributed by atoms with van der Waals surface area (Å²) in [6, 6.07) is 13.5. The molecule has 0 bridgehead atoms. The van der Waals surface area contributed by atoms with Gasteiger partial charge in [-0.1, -0.05) is 24.3 Å². The normalized spacial score (nSPS) is 10.6. The minimum absolute atomic E-state index is 0.194. The third-order valence-electron chi connectivity index (χ3n) is 4.08. The van der Waals surface area contributed by atoms with Crippen LogP contribution in [0.25, 0.3) is 0 Å². The Hall–Kier alpha value is -3.12. The zero-order valence-corrected chi connectivity index (χ0v) is 15.7. The van der Waals surface area contributed by atoms with Crippen LogP contribution < -0.4 is 10.1 Å². The van der Waals surface area contributed by atoms with E-state index in [-0.39, 0.29) is 5.91 Å². The molecule has 0 saturated heterocycles. The van der Waals surface area contributed by atoms with E-state index in [0.717, 1.165) is 22.4 Å². The van der Waals surface area contributed by atoms with Crippen LogP contribution in [0.4, 0.5) is 5.69 Å². The summed E-state index contributed by atoms with van der Waals surface area (Å²) in [7, 11) is 1.59. The first-order valence-electron chi connectivity index (χ1n) is 8.67. The van der Waals surface area contributed by atoms with Crippen LogP contribution in [-0.2, 0) is 18.1 Å². The molecule has 2 aromatic carbocycles. The number of hydrogen-bond donors (Lipinski definition) is 1. The summed E-state index contributed by atoms with van der Waals surface area (Å²) >= 11 is 0. The second-order valence-electron chi connectivity index (χ2n) is 6.40. The van der Waals surface area contributed by atoms with E-state index in [4.69, 9.17) is 9.47 Å². The van der Waals surface area contributed by atoms with Gasteiger partial charge in [0.15, 0.2) is 0 Å². The summed E-state index contributed by atoms with van der Waals surface area (Å²) in [5.74, 6) is 0.663. The van der Waals surface area contributed by atoms with Crippen LogP contribution in [0, 0.1) is 13.8 Å². The van der Waals surface area contributed by atoms with Crippen molar-refractivity contribution in [1.82, 2.24) is 9.78 Å². The Labute approximate surface area is 158 Å². The van der Waals surface area contributed by atoms with Crippen molar-refractivity contribution in [2.45, 2.75) is 27.2 Å².